The highest BCUT2D eigenvalue weighted by Crippen LogP contribution is 2.23. The van der Waals surface area contributed by atoms with E-state index < -0.39 is 0 Å². The highest BCUT2D eigenvalue weighted by atomic mass is 16.5. The molecule has 30 heavy (non-hydrogen) atoms. The number of rotatable bonds is 5. The van der Waals surface area contributed by atoms with Crippen molar-refractivity contribution in [1.29, 1.82) is 0 Å². The minimum atomic E-state index is -0.304. The minimum absolute atomic E-state index is 0.304. The molecule has 9 heteroatoms. The van der Waals surface area contributed by atoms with Crippen LogP contribution in [0.4, 0.5) is 11.6 Å². The Balaban J connectivity index is 1.51. The van der Waals surface area contributed by atoms with Gasteiger partial charge in [0.2, 0.25) is 0 Å². The first-order chi connectivity index (χ1) is 14.4. The van der Waals surface area contributed by atoms with E-state index in [9.17, 15) is 4.79 Å². The van der Waals surface area contributed by atoms with E-state index in [0.29, 0.717) is 29.8 Å². The zero-order valence-corrected chi connectivity index (χ0v) is 17.8. The number of pyridine rings is 1. The largest absolute Gasteiger partial charge is 0.493 e. The number of amides is 1. The third-order valence-corrected chi connectivity index (χ3v) is 5.40. The molecule has 0 saturated carbocycles. The van der Waals surface area contributed by atoms with Crippen LogP contribution >= 0.6 is 0 Å². The summed E-state index contributed by atoms with van der Waals surface area (Å²) in [5.74, 6) is 1.40. The van der Waals surface area contributed by atoms with Crippen molar-refractivity contribution in [3.8, 4) is 5.75 Å². The molecule has 1 saturated heterocycles. The maximum absolute atomic E-state index is 12.9. The van der Waals surface area contributed by atoms with Crippen molar-refractivity contribution in [3.05, 3.63) is 41.9 Å². The third kappa shape index (κ3) is 4.06. The van der Waals surface area contributed by atoms with Gasteiger partial charge in [0.15, 0.2) is 11.6 Å². The fraction of sp³-hybridized carbons (Fsp3) is 0.429. The molecule has 158 valence electrons. The number of likely N-dealkylation sites (N-methyl/N-ethyl adjacent to an activating group) is 1. The normalized spacial score (nSPS) is 17.3. The van der Waals surface area contributed by atoms with Crippen LogP contribution in [-0.2, 0) is 0 Å². The number of aryl methyl sites for hydroxylation is 1. The van der Waals surface area contributed by atoms with Gasteiger partial charge in [-0.2, -0.15) is 0 Å². The SMILES string of the molecule is CCOc1cc2nc(C)cn2cc1C(=O)Nc1ccc(N2CCN(C)C(C)C2)nn1. The van der Waals surface area contributed by atoms with Crippen molar-refractivity contribution in [2.45, 2.75) is 26.8 Å². The van der Waals surface area contributed by atoms with Crippen LogP contribution in [0.1, 0.15) is 29.9 Å². The van der Waals surface area contributed by atoms with E-state index in [-0.39, 0.29) is 5.91 Å². The summed E-state index contributed by atoms with van der Waals surface area (Å²) < 4.78 is 7.49. The Bertz CT molecular complexity index is 1050. The minimum Gasteiger partial charge on any atom is -0.493 e. The molecule has 0 radical (unpaired) electrons. The average molecular weight is 409 g/mol. The quantitative estimate of drug-likeness (QED) is 0.691. The van der Waals surface area contributed by atoms with Crippen LogP contribution in [0.5, 0.6) is 5.75 Å². The van der Waals surface area contributed by atoms with Gasteiger partial charge in [-0.15, -0.1) is 10.2 Å². The van der Waals surface area contributed by atoms with E-state index in [4.69, 9.17) is 4.74 Å². The van der Waals surface area contributed by atoms with Crippen LogP contribution in [0.2, 0.25) is 0 Å². The molecule has 3 aromatic heterocycles. The average Bonchev–Trinajstić information content (AvgIpc) is 3.09. The van der Waals surface area contributed by atoms with Gasteiger partial charge in [-0.05, 0) is 40.0 Å². The predicted molar refractivity (Wildman–Crippen MR) is 115 cm³/mol. The van der Waals surface area contributed by atoms with Crippen LogP contribution in [0.15, 0.2) is 30.6 Å². The fourth-order valence-corrected chi connectivity index (χ4v) is 3.59. The van der Waals surface area contributed by atoms with E-state index >= 15 is 0 Å². The van der Waals surface area contributed by atoms with Gasteiger partial charge in [-0.3, -0.25) is 4.79 Å². The summed E-state index contributed by atoms with van der Waals surface area (Å²) in [6.45, 7) is 9.23. The van der Waals surface area contributed by atoms with Gasteiger partial charge >= 0.3 is 0 Å². The standard InChI is InChI=1S/C21H27N7O2/c1-5-30-17-10-20-22-14(2)11-28(20)13-16(17)21(29)23-18-6-7-19(25-24-18)27-9-8-26(4)15(3)12-27/h6-7,10-11,13,15H,5,8-9,12H2,1-4H3,(H,23,24,29). The van der Waals surface area contributed by atoms with Gasteiger partial charge in [0.1, 0.15) is 11.4 Å². The van der Waals surface area contributed by atoms with Crippen molar-refractivity contribution in [2.24, 2.45) is 0 Å². The van der Waals surface area contributed by atoms with E-state index in [1.54, 1.807) is 18.3 Å². The lowest BCUT2D eigenvalue weighted by atomic mass is 10.2. The summed E-state index contributed by atoms with van der Waals surface area (Å²) >= 11 is 0. The number of aromatic nitrogens is 4. The van der Waals surface area contributed by atoms with Crippen LogP contribution in [0.3, 0.4) is 0 Å². The summed E-state index contributed by atoms with van der Waals surface area (Å²) in [4.78, 5) is 21.9. The number of fused-ring (bicyclic) bond motifs is 1. The smallest absolute Gasteiger partial charge is 0.262 e. The lowest BCUT2D eigenvalue weighted by Gasteiger charge is -2.38. The molecule has 9 nitrogen and oxygen atoms in total. The number of carbonyl (C=O) groups is 1. The van der Waals surface area contributed by atoms with Gasteiger partial charge in [-0.25, -0.2) is 4.98 Å². The second-order valence-electron chi connectivity index (χ2n) is 7.64. The van der Waals surface area contributed by atoms with E-state index in [1.165, 1.54) is 0 Å². The summed E-state index contributed by atoms with van der Waals surface area (Å²) in [7, 11) is 2.13. The highest BCUT2D eigenvalue weighted by molar-refractivity contribution is 6.05. The number of nitrogens with zero attached hydrogens (tertiary/aromatic N) is 6. The first kappa shape index (κ1) is 20.1. The Morgan fingerprint density at radius 1 is 1.27 bits per heavy atom. The second kappa shape index (κ2) is 8.27. The van der Waals surface area contributed by atoms with Crippen molar-refractivity contribution in [1.82, 2.24) is 24.5 Å². The highest BCUT2D eigenvalue weighted by Gasteiger charge is 2.22. The topological polar surface area (TPSA) is 87.9 Å². The van der Waals surface area contributed by atoms with Crippen LogP contribution in [-0.4, -0.2) is 69.7 Å². The Morgan fingerprint density at radius 3 is 2.80 bits per heavy atom. The molecular formula is C21H27N7O2. The van der Waals surface area contributed by atoms with E-state index in [1.807, 2.05) is 30.5 Å². The molecule has 1 aliphatic rings. The Morgan fingerprint density at radius 2 is 2.10 bits per heavy atom. The summed E-state index contributed by atoms with van der Waals surface area (Å²) in [5, 5.41) is 11.3. The predicted octanol–water partition coefficient (Wildman–Crippen LogP) is 2.22. The number of carbonyl (C=O) groups excluding carboxylic acids is 1. The monoisotopic (exact) mass is 409 g/mol. The molecule has 0 spiro atoms. The molecule has 3 aromatic rings. The molecule has 4 heterocycles. The molecule has 1 fully saturated rings. The maximum atomic E-state index is 12.9. The number of hydrogen-bond acceptors (Lipinski definition) is 7. The number of hydrogen-bond donors (Lipinski definition) is 1. The van der Waals surface area contributed by atoms with Crippen molar-refractivity contribution >= 4 is 23.2 Å². The molecule has 0 aromatic carbocycles. The molecule has 1 atom stereocenters. The first-order valence-electron chi connectivity index (χ1n) is 10.2. The molecule has 0 aliphatic carbocycles. The Hall–Kier alpha value is -3.20. The Labute approximate surface area is 175 Å². The number of anilines is 2. The van der Waals surface area contributed by atoms with Gasteiger partial charge in [0.05, 0.1) is 17.9 Å². The lowest BCUT2D eigenvalue weighted by Crippen LogP contribution is -2.50. The van der Waals surface area contributed by atoms with Gasteiger partial charge in [-0.1, -0.05) is 0 Å². The fourth-order valence-electron chi connectivity index (χ4n) is 3.59. The van der Waals surface area contributed by atoms with Crippen LogP contribution < -0.4 is 15.0 Å². The number of piperazine rings is 1. The molecule has 1 unspecified atom stereocenters. The molecule has 1 N–H and O–H groups in total. The molecule has 4 rings (SSSR count). The number of ether oxygens (including phenoxy) is 1. The second-order valence-corrected chi connectivity index (χ2v) is 7.64. The molecule has 0 bridgehead atoms. The zero-order valence-electron chi connectivity index (χ0n) is 17.8. The molecule has 1 aliphatic heterocycles. The van der Waals surface area contributed by atoms with Gasteiger partial charge in [0, 0.05) is 44.1 Å². The lowest BCUT2D eigenvalue weighted by molar-refractivity contribution is 0.102. The van der Waals surface area contributed by atoms with Gasteiger partial charge < -0.3 is 24.3 Å². The van der Waals surface area contributed by atoms with E-state index in [2.05, 4.69) is 44.3 Å². The first-order valence-corrected chi connectivity index (χ1v) is 10.2. The van der Waals surface area contributed by atoms with Crippen LogP contribution in [0.25, 0.3) is 5.65 Å². The molecular weight excluding hydrogens is 382 g/mol. The third-order valence-electron chi connectivity index (χ3n) is 5.40. The van der Waals surface area contributed by atoms with Crippen molar-refractivity contribution < 1.29 is 9.53 Å². The number of nitrogens with one attached hydrogen (secondary N) is 1. The number of imidazole rings is 1. The summed E-state index contributed by atoms with van der Waals surface area (Å²) in [5.41, 5.74) is 2.02. The summed E-state index contributed by atoms with van der Waals surface area (Å²) in [6.07, 6.45) is 3.59. The molecule has 1 amide bonds. The van der Waals surface area contributed by atoms with Crippen molar-refractivity contribution in [2.75, 3.05) is 43.5 Å². The van der Waals surface area contributed by atoms with Crippen molar-refractivity contribution in [3.63, 3.8) is 0 Å². The van der Waals surface area contributed by atoms with E-state index in [0.717, 1.165) is 36.8 Å². The zero-order chi connectivity index (χ0) is 21.3. The van der Waals surface area contributed by atoms with Gasteiger partial charge in [0.25, 0.3) is 5.91 Å². The summed E-state index contributed by atoms with van der Waals surface area (Å²) in [6, 6.07) is 5.91. The van der Waals surface area contributed by atoms with Crippen LogP contribution in [0, 0.1) is 6.92 Å². The maximum Gasteiger partial charge on any atom is 0.262 e. The Kier molecular flexibility index (Phi) is 5.54.